The minimum Gasteiger partial charge on any atom is -0.310 e. The van der Waals surface area contributed by atoms with Gasteiger partial charge in [0.05, 0.1) is 0 Å². The first kappa shape index (κ1) is 14.9. The van der Waals surface area contributed by atoms with E-state index in [1.165, 1.54) is 57.8 Å². The fourth-order valence-electron chi connectivity index (χ4n) is 5.61. The first-order chi connectivity index (χ1) is 9.66. The zero-order valence-electron chi connectivity index (χ0n) is 13.9. The molecule has 1 heteroatoms. The van der Waals surface area contributed by atoms with E-state index in [1.54, 1.807) is 0 Å². The maximum atomic E-state index is 4.04. The van der Waals surface area contributed by atoms with Crippen LogP contribution in [-0.2, 0) is 0 Å². The van der Waals surface area contributed by atoms with Gasteiger partial charge in [0.15, 0.2) is 0 Å². The molecule has 1 heterocycles. The molecule has 2 aliphatic carbocycles. The molecule has 0 spiro atoms. The number of hydrogen-bond donors (Lipinski definition) is 1. The van der Waals surface area contributed by atoms with Crippen molar-refractivity contribution >= 4 is 0 Å². The minimum atomic E-state index is 0.870. The van der Waals surface area contributed by atoms with E-state index in [0.29, 0.717) is 0 Å². The molecule has 0 radical (unpaired) electrons. The van der Waals surface area contributed by atoms with E-state index in [-0.39, 0.29) is 0 Å². The van der Waals surface area contributed by atoms with Crippen molar-refractivity contribution in [3.63, 3.8) is 0 Å². The number of nitrogens with one attached hydrogen (secondary N) is 1. The Hall–Kier alpha value is -0.0400. The second-order valence-electron chi connectivity index (χ2n) is 8.43. The van der Waals surface area contributed by atoms with Crippen molar-refractivity contribution in [2.45, 2.75) is 90.6 Å². The predicted molar refractivity (Wildman–Crippen MR) is 86.7 cm³/mol. The van der Waals surface area contributed by atoms with Crippen molar-refractivity contribution < 1.29 is 0 Å². The lowest BCUT2D eigenvalue weighted by molar-refractivity contribution is 0.134. The van der Waals surface area contributed by atoms with Crippen LogP contribution in [0.4, 0.5) is 0 Å². The fraction of sp³-hybridized carbons (Fsp3) is 1.00. The topological polar surface area (TPSA) is 12.0 Å². The molecule has 1 saturated heterocycles. The van der Waals surface area contributed by atoms with Crippen molar-refractivity contribution in [2.75, 3.05) is 0 Å². The summed E-state index contributed by atoms with van der Waals surface area (Å²) in [6.45, 7) is 7.27. The average Bonchev–Trinajstić information content (AvgIpc) is 2.97. The van der Waals surface area contributed by atoms with Crippen LogP contribution in [0.1, 0.15) is 78.6 Å². The van der Waals surface area contributed by atoms with Gasteiger partial charge >= 0.3 is 0 Å². The Kier molecular flexibility index (Phi) is 4.75. The Balaban J connectivity index is 1.48. The van der Waals surface area contributed by atoms with Gasteiger partial charge in [0.1, 0.15) is 0 Å². The third-order valence-electron chi connectivity index (χ3n) is 6.77. The fourth-order valence-corrected chi connectivity index (χ4v) is 5.61. The summed E-state index contributed by atoms with van der Waals surface area (Å²) >= 11 is 0. The minimum absolute atomic E-state index is 0.870. The standard InChI is InChI=1S/C19H35N/c1-13(2)7-4-5-8-15-11-12-17-16-9-6-10-18(16)20-19(17)14(15)3/h13-20H,4-12H2,1-3H3. The maximum absolute atomic E-state index is 4.04. The number of unbranched alkanes of at least 4 members (excludes halogenated alkanes) is 1. The molecule has 0 bridgehead atoms. The van der Waals surface area contributed by atoms with E-state index in [0.717, 1.165) is 41.7 Å². The summed E-state index contributed by atoms with van der Waals surface area (Å²) in [5.74, 6) is 4.90. The molecular formula is C19H35N. The van der Waals surface area contributed by atoms with Gasteiger partial charge in [-0.15, -0.1) is 0 Å². The Morgan fingerprint density at radius 1 is 1.00 bits per heavy atom. The number of fused-ring (bicyclic) bond motifs is 3. The van der Waals surface area contributed by atoms with Gasteiger partial charge < -0.3 is 5.32 Å². The highest BCUT2D eigenvalue weighted by Gasteiger charge is 2.49. The lowest BCUT2D eigenvalue weighted by Gasteiger charge is -2.39. The molecule has 0 aromatic rings. The second kappa shape index (κ2) is 6.38. The van der Waals surface area contributed by atoms with Gasteiger partial charge in [-0.2, -0.15) is 0 Å². The van der Waals surface area contributed by atoms with Crippen LogP contribution < -0.4 is 5.32 Å². The van der Waals surface area contributed by atoms with Crippen LogP contribution in [0.5, 0.6) is 0 Å². The van der Waals surface area contributed by atoms with Crippen molar-refractivity contribution in [3.05, 3.63) is 0 Å². The summed E-state index contributed by atoms with van der Waals surface area (Å²) in [5.41, 5.74) is 0. The molecule has 2 saturated carbocycles. The summed E-state index contributed by atoms with van der Waals surface area (Å²) in [4.78, 5) is 0. The molecule has 20 heavy (non-hydrogen) atoms. The molecular weight excluding hydrogens is 242 g/mol. The Bertz CT molecular complexity index is 311. The van der Waals surface area contributed by atoms with Crippen LogP contribution in [0.25, 0.3) is 0 Å². The summed E-state index contributed by atoms with van der Waals surface area (Å²) in [6.07, 6.45) is 13.4. The van der Waals surface area contributed by atoms with Crippen molar-refractivity contribution in [2.24, 2.45) is 29.6 Å². The third kappa shape index (κ3) is 2.93. The van der Waals surface area contributed by atoms with E-state index in [1.807, 2.05) is 0 Å². The molecule has 0 amide bonds. The van der Waals surface area contributed by atoms with Crippen molar-refractivity contribution in [3.8, 4) is 0 Å². The zero-order valence-corrected chi connectivity index (χ0v) is 13.9. The largest absolute Gasteiger partial charge is 0.310 e. The third-order valence-corrected chi connectivity index (χ3v) is 6.77. The number of hydrogen-bond acceptors (Lipinski definition) is 1. The molecule has 3 aliphatic rings. The van der Waals surface area contributed by atoms with Gasteiger partial charge in [0, 0.05) is 12.1 Å². The van der Waals surface area contributed by atoms with E-state index in [9.17, 15) is 0 Å². The summed E-state index contributed by atoms with van der Waals surface area (Å²) < 4.78 is 0. The smallest absolute Gasteiger partial charge is 0.0129 e. The SMILES string of the molecule is CC(C)CCCCC1CCC2C3CCCC3NC2C1C. The highest BCUT2D eigenvalue weighted by Crippen LogP contribution is 2.49. The van der Waals surface area contributed by atoms with Crippen LogP contribution in [0.2, 0.25) is 0 Å². The van der Waals surface area contributed by atoms with Gasteiger partial charge in [0.2, 0.25) is 0 Å². The zero-order chi connectivity index (χ0) is 14.1. The van der Waals surface area contributed by atoms with Gasteiger partial charge in [-0.1, -0.05) is 52.9 Å². The molecule has 0 aromatic carbocycles. The van der Waals surface area contributed by atoms with Crippen LogP contribution in [0.3, 0.4) is 0 Å². The molecule has 1 aliphatic heterocycles. The summed E-state index contributed by atoms with van der Waals surface area (Å²) in [7, 11) is 0. The molecule has 0 aromatic heterocycles. The lowest BCUT2D eigenvalue weighted by Crippen LogP contribution is -2.43. The first-order valence-corrected chi connectivity index (χ1v) is 9.43. The summed E-state index contributed by atoms with van der Waals surface area (Å²) in [6, 6.07) is 1.77. The van der Waals surface area contributed by atoms with Crippen LogP contribution in [-0.4, -0.2) is 12.1 Å². The highest BCUT2D eigenvalue weighted by atomic mass is 15.0. The van der Waals surface area contributed by atoms with Crippen LogP contribution >= 0.6 is 0 Å². The van der Waals surface area contributed by atoms with Crippen molar-refractivity contribution in [1.82, 2.24) is 5.32 Å². The molecule has 6 atom stereocenters. The quantitative estimate of drug-likeness (QED) is 0.697. The average molecular weight is 277 g/mol. The monoisotopic (exact) mass is 277 g/mol. The molecule has 3 rings (SSSR count). The molecule has 116 valence electrons. The van der Waals surface area contributed by atoms with Gasteiger partial charge in [-0.25, -0.2) is 0 Å². The molecule has 1 nitrogen and oxygen atoms in total. The van der Waals surface area contributed by atoms with Crippen LogP contribution in [0.15, 0.2) is 0 Å². The van der Waals surface area contributed by atoms with Gasteiger partial charge in [-0.05, 0) is 55.3 Å². The van der Waals surface area contributed by atoms with E-state index < -0.39 is 0 Å². The highest BCUT2D eigenvalue weighted by molar-refractivity contribution is 5.04. The number of rotatable bonds is 5. The maximum Gasteiger partial charge on any atom is 0.0129 e. The molecule has 6 unspecified atom stereocenters. The summed E-state index contributed by atoms with van der Waals surface area (Å²) in [5, 5.41) is 4.04. The first-order valence-electron chi connectivity index (χ1n) is 9.43. The Morgan fingerprint density at radius 3 is 2.65 bits per heavy atom. The van der Waals surface area contributed by atoms with Crippen LogP contribution in [0, 0.1) is 29.6 Å². The Morgan fingerprint density at radius 2 is 1.85 bits per heavy atom. The normalized spacial score (nSPS) is 43.8. The second-order valence-corrected chi connectivity index (χ2v) is 8.43. The lowest BCUT2D eigenvalue weighted by atomic mass is 9.67. The Labute approximate surface area is 126 Å². The van der Waals surface area contributed by atoms with Gasteiger partial charge in [0.25, 0.3) is 0 Å². The predicted octanol–water partition coefficient (Wildman–Crippen LogP) is 5.01. The van der Waals surface area contributed by atoms with E-state index >= 15 is 0 Å². The van der Waals surface area contributed by atoms with Gasteiger partial charge in [-0.3, -0.25) is 0 Å². The molecule has 3 fully saturated rings. The van der Waals surface area contributed by atoms with Crippen molar-refractivity contribution in [1.29, 1.82) is 0 Å². The van der Waals surface area contributed by atoms with E-state index in [4.69, 9.17) is 0 Å². The molecule has 1 N–H and O–H groups in total. The van der Waals surface area contributed by atoms with E-state index in [2.05, 4.69) is 26.1 Å².